The molecule has 1 heterocycles. The molecule has 1 aliphatic rings. The van der Waals surface area contributed by atoms with Gasteiger partial charge in [-0.1, -0.05) is 36.4 Å². The van der Waals surface area contributed by atoms with E-state index in [2.05, 4.69) is 34.6 Å². The first kappa shape index (κ1) is 11.5. The van der Waals surface area contributed by atoms with E-state index in [9.17, 15) is 0 Å². The van der Waals surface area contributed by atoms with Crippen molar-refractivity contribution >= 4 is 17.1 Å². The highest BCUT2D eigenvalue weighted by Gasteiger charge is 2.19. The van der Waals surface area contributed by atoms with Crippen LogP contribution in [0.5, 0.6) is 0 Å². The largest absolute Gasteiger partial charge is 0.424 e. The number of fused-ring (bicyclic) bond motifs is 2. The van der Waals surface area contributed by atoms with Crippen LogP contribution in [0.25, 0.3) is 11.1 Å². The lowest BCUT2D eigenvalue weighted by Crippen LogP contribution is -2.27. The topological polar surface area (TPSA) is 38.1 Å². The van der Waals surface area contributed by atoms with E-state index in [0.717, 1.165) is 30.4 Å². The van der Waals surface area contributed by atoms with Gasteiger partial charge in [-0.25, -0.2) is 0 Å². The van der Waals surface area contributed by atoms with Crippen LogP contribution >= 0.6 is 0 Å². The Bertz CT molecular complexity index is 714. The number of anilines is 1. The van der Waals surface area contributed by atoms with Gasteiger partial charge in [0.25, 0.3) is 6.01 Å². The predicted octanol–water partition coefficient (Wildman–Crippen LogP) is 3.80. The van der Waals surface area contributed by atoms with Crippen molar-refractivity contribution in [3.63, 3.8) is 0 Å². The summed E-state index contributed by atoms with van der Waals surface area (Å²) in [6, 6.07) is 17.6. The van der Waals surface area contributed by atoms with E-state index in [0.29, 0.717) is 12.1 Å². The maximum absolute atomic E-state index is 5.74. The summed E-state index contributed by atoms with van der Waals surface area (Å²) in [4.78, 5) is 4.49. The highest BCUT2D eigenvalue weighted by molar-refractivity contribution is 5.74. The van der Waals surface area contributed by atoms with Gasteiger partial charge in [0.1, 0.15) is 5.52 Å². The Kier molecular flexibility index (Phi) is 2.69. The first-order chi connectivity index (χ1) is 9.88. The van der Waals surface area contributed by atoms with Crippen LogP contribution in [0.15, 0.2) is 52.9 Å². The Labute approximate surface area is 117 Å². The van der Waals surface area contributed by atoms with E-state index in [4.69, 9.17) is 4.42 Å². The zero-order valence-electron chi connectivity index (χ0n) is 11.2. The third-order valence-electron chi connectivity index (χ3n) is 3.97. The molecule has 0 amide bonds. The first-order valence-corrected chi connectivity index (χ1v) is 7.07. The normalized spacial score (nSPS) is 17.9. The lowest BCUT2D eigenvalue weighted by molar-refractivity contribution is 0.557. The third-order valence-corrected chi connectivity index (χ3v) is 3.97. The van der Waals surface area contributed by atoms with Gasteiger partial charge < -0.3 is 9.73 Å². The summed E-state index contributed by atoms with van der Waals surface area (Å²) >= 11 is 0. The molecule has 4 rings (SSSR count). The number of nitrogens with one attached hydrogen (secondary N) is 1. The Morgan fingerprint density at radius 1 is 1.00 bits per heavy atom. The number of benzene rings is 2. The van der Waals surface area contributed by atoms with Gasteiger partial charge in [0.15, 0.2) is 5.58 Å². The molecule has 100 valence electrons. The number of para-hydroxylation sites is 2. The van der Waals surface area contributed by atoms with Crippen LogP contribution in [-0.2, 0) is 12.8 Å². The molecule has 3 nitrogen and oxygen atoms in total. The number of oxazole rings is 1. The Morgan fingerprint density at radius 2 is 1.80 bits per heavy atom. The Balaban J connectivity index is 1.55. The van der Waals surface area contributed by atoms with Gasteiger partial charge in [-0.3, -0.25) is 0 Å². The number of aryl methyl sites for hydroxylation is 1. The summed E-state index contributed by atoms with van der Waals surface area (Å²) in [6.07, 6.45) is 3.28. The van der Waals surface area contributed by atoms with Gasteiger partial charge in [0.05, 0.1) is 0 Å². The van der Waals surface area contributed by atoms with Gasteiger partial charge in [0.2, 0.25) is 0 Å². The molecule has 2 aromatic carbocycles. The molecule has 0 saturated heterocycles. The number of nitrogens with zero attached hydrogens (tertiary/aromatic N) is 1. The van der Waals surface area contributed by atoms with Crippen LogP contribution in [0.1, 0.15) is 17.5 Å². The summed E-state index contributed by atoms with van der Waals surface area (Å²) in [5.74, 6) is 0. The van der Waals surface area contributed by atoms with Crippen LogP contribution < -0.4 is 5.32 Å². The zero-order chi connectivity index (χ0) is 13.4. The van der Waals surface area contributed by atoms with Crippen LogP contribution in [-0.4, -0.2) is 11.0 Å². The molecule has 1 N–H and O–H groups in total. The first-order valence-electron chi connectivity index (χ1n) is 7.07. The fraction of sp³-hybridized carbons (Fsp3) is 0.235. The third kappa shape index (κ3) is 2.05. The van der Waals surface area contributed by atoms with Crippen LogP contribution in [0, 0.1) is 0 Å². The fourth-order valence-corrected chi connectivity index (χ4v) is 2.93. The summed E-state index contributed by atoms with van der Waals surface area (Å²) in [5, 5.41) is 3.43. The smallest absolute Gasteiger partial charge is 0.295 e. The van der Waals surface area contributed by atoms with Crippen molar-refractivity contribution in [2.45, 2.75) is 25.3 Å². The second kappa shape index (κ2) is 4.67. The van der Waals surface area contributed by atoms with Crippen LogP contribution in [0.2, 0.25) is 0 Å². The molecule has 0 fully saturated rings. The molecule has 1 atom stereocenters. The average molecular weight is 264 g/mol. The van der Waals surface area contributed by atoms with Crippen LogP contribution in [0.4, 0.5) is 6.01 Å². The zero-order valence-corrected chi connectivity index (χ0v) is 11.2. The number of aromatic nitrogens is 1. The van der Waals surface area contributed by atoms with Crippen molar-refractivity contribution in [2.75, 3.05) is 5.32 Å². The van der Waals surface area contributed by atoms with Gasteiger partial charge in [0, 0.05) is 6.04 Å². The van der Waals surface area contributed by atoms with E-state index < -0.39 is 0 Å². The molecular weight excluding hydrogens is 248 g/mol. The van der Waals surface area contributed by atoms with Gasteiger partial charge in [-0.05, 0) is 42.5 Å². The number of hydrogen-bond acceptors (Lipinski definition) is 3. The van der Waals surface area contributed by atoms with Crippen molar-refractivity contribution in [3.05, 3.63) is 59.7 Å². The van der Waals surface area contributed by atoms with Crippen molar-refractivity contribution < 1.29 is 4.42 Å². The molecule has 20 heavy (non-hydrogen) atoms. The SMILES string of the molecule is c1ccc2c(c1)CC[C@@H](Nc1nc3ccccc3o1)C2. The van der Waals surface area contributed by atoms with E-state index in [1.165, 1.54) is 11.1 Å². The minimum absolute atomic E-state index is 0.401. The van der Waals surface area contributed by atoms with Crippen molar-refractivity contribution in [1.29, 1.82) is 0 Å². The molecule has 1 aromatic heterocycles. The van der Waals surface area contributed by atoms with E-state index in [-0.39, 0.29) is 0 Å². The second-order valence-corrected chi connectivity index (χ2v) is 5.34. The van der Waals surface area contributed by atoms with Gasteiger partial charge >= 0.3 is 0 Å². The Morgan fingerprint density at radius 3 is 2.70 bits per heavy atom. The minimum atomic E-state index is 0.401. The summed E-state index contributed by atoms with van der Waals surface area (Å²) in [5.41, 5.74) is 4.66. The fourth-order valence-electron chi connectivity index (χ4n) is 2.93. The predicted molar refractivity (Wildman–Crippen MR) is 79.9 cm³/mol. The maximum atomic E-state index is 5.74. The molecule has 0 spiro atoms. The monoisotopic (exact) mass is 264 g/mol. The summed E-state index contributed by atoms with van der Waals surface area (Å²) < 4.78 is 5.74. The molecule has 0 bridgehead atoms. The van der Waals surface area contributed by atoms with Gasteiger partial charge in [-0.2, -0.15) is 4.98 Å². The van der Waals surface area contributed by atoms with E-state index >= 15 is 0 Å². The van der Waals surface area contributed by atoms with E-state index in [1.807, 2.05) is 24.3 Å². The lowest BCUT2D eigenvalue weighted by Gasteiger charge is -2.24. The molecule has 0 aliphatic heterocycles. The van der Waals surface area contributed by atoms with Crippen molar-refractivity contribution in [1.82, 2.24) is 4.98 Å². The minimum Gasteiger partial charge on any atom is -0.424 e. The van der Waals surface area contributed by atoms with Gasteiger partial charge in [-0.15, -0.1) is 0 Å². The lowest BCUT2D eigenvalue weighted by atomic mass is 9.88. The molecule has 0 saturated carbocycles. The summed E-state index contributed by atoms with van der Waals surface area (Å²) in [6.45, 7) is 0. The van der Waals surface area contributed by atoms with Crippen LogP contribution in [0.3, 0.4) is 0 Å². The maximum Gasteiger partial charge on any atom is 0.295 e. The Hall–Kier alpha value is -2.29. The molecule has 1 aliphatic carbocycles. The quantitative estimate of drug-likeness (QED) is 0.765. The van der Waals surface area contributed by atoms with Crippen molar-refractivity contribution in [2.24, 2.45) is 0 Å². The standard InChI is InChI=1S/C17H16N2O/c1-2-6-13-11-14(10-9-12(13)5-1)18-17-19-15-7-3-4-8-16(15)20-17/h1-8,14H,9-11H2,(H,18,19)/t14-/m1/s1. The van der Waals surface area contributed by atoms with E-state index in [1.54, 1.807) is 0 Å². The highest BCUT2D eigenvalue weighted by atomic mass is 16.4. The molecule has 0 radical (unpaired) electrons. The molecular formula is C17H16N2O. The number of hydrogen-bond donors (Lipinski definition) is 1. The summed E-state index contributed by atoms with van der Waals surface area (Å²) in [7, 11) is 0. The highest BCUT2D eigenvalue weighted by Crippen LogP contribution is 2.25. The number of rotatable bonds is 2. The van der Waals surface area contributed by atoms with Crippen molar-refractivity contribution in [3.8, 4) is 0 Å². The molecule has 3 aromatic rings. The average Bonchev–Trinajstić information content (AvgIpc) is 2.89. The molecule has 0 unspecified atom stereocenters. The molecule has 3 heteroatoms. The second-order valence-electron chi connectivity index (χ2n) is 5.34.